The lowest BCUT2D eigenvalue weighted by molar-refractivity contribution is -0.138. The second kappa shape index (κ2) is 12.4. The van der Waals surface area contributed by atoms with Crippen LogP contribution in [0.25, 0.3) is 0 Å². The first-order valence-electron chi connectivity index (χ1n) is 10.4. The number of amides is 2. The summed E-state index contributed by atoms with van der Waals surface area (Å²) in [6.07, 6.45) is 0.837. The molecule has 7 heteroatoms. The highest BCUT2D eigenvalue weighted by molar-refractivity contribution is 7.99. The molecule has 1 N–H and O–H groups in total. The van der Waals surface area contributed by atoms with E-state index < -0.39 is 6.04 Å². The highest BCUT2D eigenvalue weighted by Gasteiger charge is 2.27. The van der Waals surface area contributed by atoms with E-state index in [4.69, 9.17) is 23.2 Å². The number of hydrogen-bond donors (Lipinski definition) is 1. The molecule has 0 saturated carbocycles. The predicted octanol–water partition coefficient (Wildman–Crippen LogP) is 5.87. The van der Waals surface area contributed by atoms with Crippen LogP contribution in [0.4, 0.5) is 0 Å². The molecule has 0 aliphatic heterocycles. The molecule has 2 amide bonds. The zero-order valence-electron chi connectivity index (χ0n) is 18.5. The Hall–Kier alpha value is -1.69. The van der Waals surface area contributed by atoms with Crippen molar-refractivity contribution in [2.75, 3.05) is 5.75 Å². The number of carbonyl (C=O) groups excluding carboxylic acids is 2. The number of aryl methyl sites for hydroxylation is 1. The lowest BCUT2D eigenvalue weighted by Gasteiger charge is -2.30. The summed E-state index contributed by atoms with van der Waals surface area (Å²) >= 11 is 13.5. The molecular formula is C24H30Cl2N2O2S. The number of thioether (sulfide) groups is 1. The Labute approximate surface area is 199 Å². The van der Waals surface area contributed by atoms with Crippen LogP contribution >= 0.6 is 35.0 Å². The van der Waals surface area contributed by atoms with E-state index in [1.165, 1.54) is 11.8 Å². The summed E-state index contributed by atoms with van der Waals surface area (Å²) in [5.74, 6) is 0.701. The molecule has 0 fully saturated rings. The lowest BCUT2D eigenvalue weighted by atomic mass is 10.1. The van der Waals surface area contributed by atoms with Gasteiger partial charge >= 0.3 is 0 Å². The Morgan fingerprint density at radius 2 is 1.81 bits per heavy atom. The molecule has 2 aromatic carbocycles. The largest absolute Gasteiger partial charge is 0.352 e. The number of rotatable bonds is 10. The van der Waals surface area contributed by atoms with Crippen LogP contribution in [-0.2, 0) is 21.9 Å². The average Bonchev–Trinajstić information content (AvgIpc) is 2.74. The van der Waals surface area contributed by atoms with E-state index in [-0.39, 0.29) is 23.6 Å². The third-order valence-corrected chi connectivity index (χ3v) is 6.98. The van der Waals surface area contributed by atoms with E-state index in [0.29, 0.717) is 22.3 Å². The minimum atomic E-state index is -0.563. The zero-order valence-corrected chi connectivity index (χ0v) is 20.8. The fourth-order valence-corrected chi connectivity index (χ4v) is 4.17. The van der Waals surface area contributed by atoms with Gasteiger partial charge in [-0.15, -0.1) is 11.8 Å². The molecule has 2 rings (SSSR count). The van der Waals surface area contributed by atoms with Gasteiger partial charge in [-0.1, -0.05) is 60.5 Å². The maximum atomic E-state index is 13.1. The molecule has 4 nitrogen and oxygen atoms in total. The summed E-state index contributed by atoms with van der Waals surface area (Å²) in [6.45, 7) is 8.18. The molecule has 0 spiro atoms. The van der Waals surface area contributed by atoms with E-state index in [9.17, 15) is 9.59 Å². The van der Waals surface area contributed by atoms with Crippen LogP contribution in [0.15, 0.2) is 42.5 Å². The molecule has 2 atom stereocenters. The second-order valence-electron chi connectivity index (χ2n) is 7.68. The summed E-state index contributed by atoms with van der Waals surface area (Å²) < 4.78 is 0. The first kappa shape index (κ1) is 25.6. The fourth-order valence-electron chi connectivity index (χ4n) is 2.99. The third-order valence-electron chi connectivity index (χ3n) is 5.25. The molecule has 0 aliphatic rings. The summed E-state index contributed by atoms with van der Waals surface area (Å²) in [5, 5.41) is 4.01. The van der Waals surface area contributed by atoms with Crippen LogP contribution in [0.2, 0.25) is 10.0 Å². The highest BCUT2D eigenvalue weighted by atomic mass is 35.5. The molecule has 2 aromatic rings. The normalized spacial score (nSPS) is 12.8. The lowest BCUT2D eigenvalue weighted by Crippen LogP contribution is -2.50. The van der Waals surface area contributed by atoms with Gasteiger partial charge < -0.3 is 10.2 Å². The molecule has 0 saturated heterocycles. The van der Waals surface area contributed by atoms with Crippen molar-refractivity contribution >= 4 is 46.8 Å². The fraction of sp³-hybridized carbons (Fsp3) is 0.417. The average molecular weight is 481 g/mol. The van der Waals surface area contributed by atoms with Gasteiger partial charge in [0.2, 0.25) is 11.8 Å². The van der Waals surface area contributed by atoms with Gasteiger partial charge in [0.1, 0.15) is 6.04 Å². The molecule has 168 valence electrons. The van der Waals surface area contributed by atoms with Crippen molar-refractivity contribution in [2.24, 2.45) is 0 Å². The second-order valence-corrected chi connectivity index (χ2v) is 9.48. The van der Waals surface area contributed by atoms with Gasteiger partial charge in [0.25, 0.3) is 0 Å². The summed E-state index contributed by atoms with van der Waals surface area (Å²) in [4.78, 5) is 27.6. The minimum Gasteiger partial charge on any atom is -0.352 e. The highest BCUT2D eigenvalue weighted by Crippen LogP contribution is 2.25. The Kier molecular flexibility index (Phi) is 10.2. The van der Waals surface area contributed by atoms with Crippen molar-refractivity contribution in [3.05, 3.63) is 69.2 Å². The third kappa shape index (κ3) is 7.74. The zero-order chi connectivity index (χ0) is 23.0. The molecule has 0 aliphatic carbocycles. The Bertz CT molecular complexity index is 907. The first-order chi connectivity index (χ1) is 14.7. The van der Waals surface area contributed by atoms with Crippen LogP contribution in [0.3, 0.4) is 0 Å². The van der Waals surface area contributed by atoms with Gasteiger partial charge in [0.05, 0.1) is 15.8 Å². The van der Waals surface area contributed by atoms with Gasteiger partial charge in [-0.3, -0.25) is 9.59 Å². The number of halogens is 2. The number of nitrogens with one attached hydrogen (secondary N) is 1. The summed E-state index contributed by atoms with van der Waals surface area (Å²) in [5.41, 5.74) is 3.13. The number of hydrogen-bond acceptors (Lipinski definition) is 3. The van der Waals surface area contributed by atoms with E-state index in [2.05, 4.69) is 5.32 Å². The molecular weight excluding hydrogens is 451 g/mol. The quantitative estimate of drug-likeness (QED) is 0.462. The van der Waals surface area contributed by atoms with Gasteiger partial charge in [-0.25, -0.2) is 0 Å². The Morgan fingerprint density at radius 1 is 1.10 bits per heavy atom. The van der Waals surface area contributed by atoms with E-state index >= 15 is 0 Å². The molecule has 0 heterocycles. The molecule has 0 unspecified atom stereocenters. The van der Waals surface area contributed by atoms with Crippen LogP contribution in [-0.4, -0.2) is 34.6 Å². The van der Waals surface area contributed by atoms with Crippen molar-refractivity contribution in [1.29, 1.82) is 0 Å². The molecule has 0 bridgehead atoms. The monoisotopic (exact) mass is 480 g/mol. The van der Waals surface area contributed by atoms with Crippen molar-refractivity contribution < 1.29 is 9.59 Å². The maximum Gasteiger partial charge on any atom is 0.242 e. The number of benzene rings is 2. The number of carbonyl (C=O) groups is 2. The molecule has 0 aromatic heterocycles. The van der Waals surface area contributed by atoms with E-state index in [1.807, 2.05) is 57.2 Å². The van der Waals surface area contributed by atoms with Gasteiger partial charge in [0.15, 0.2) is 0 Å². The first-order valence-corrected chi connectivity index (χ1v) is 12.3. The Morgan fingerprint density at radius 3 is 2.45 bits per heavy atom. The minimum absolute atomic E-state index is 0.0643. The molecule has 31 heavy (non-hydrogen) atoms. The maximum absolute atomic E-state index is 13.1. The van der Waals surface area contributed by atoms with Crippen LogP contribution < -0.4 is 5.32 Å². The van der Waals surface area contributed by atoms with Crippen molar-refractivity contribution in [3.63, 3.8) is 0 Å². The van der Waals surface area contributed by atoms with Crippen molar-refractivity contribution in [2.45, 2.75) is 58.5 Å². The SMILES string of the molecule is CC[C@@H](C)NC(=O)[C@H](C)N(Cc1ccccc1C)C(=O)CSCc1ccc(Cl)c(Cl)c1. The van der Waals surface area contributed by atoms with Crippen LogP contribution in [0.1, 0.15) is 43.9 Å². The number of nitrogens with zero attached hydrogens (tertiary/aromatic N) is 1. The molecule has 0 radical (unpaired) electrons. The smallest absolute Gasteiger partial charge is 0.242 e. The van der Waals surface area contributed by atoms with E-state index in [1.54, 1.807) is 17.9 Å². The van der Waals surface area contributed by atoms with Crippen LogP contribution in [0.5, 0.6) is 0 Å². The van der Waals surface area contributed by atoms with E-state index in [0.717, 1.165) is 23.1 Å². The topological polar surface area (TPSA) is 49.4 Å². The van der Waals surface area contributed by atoms with Crippen molar-refractivity contribution in [1.82, 2.24) is 10.2 Å². The van der Waals surface area contributed by atoms with Gasteiger partial charge in [-0.05, 0) is 56.0 Å². The van der Waals surface area contributed by atoms with Crippen LogP contribution in [0, 0.1) is 6.92 Å². The van der Waals surface area contributed by atoms with Gasteiger partial charge in [-0.2, -0.15) is 0 Å². The predicted molar refractivity (Wildman–Crippen MR) is 132 cm³/mol. The Balaban J connectivity index is 2.10. The summed E-state index contributed by atoms with van der Waals surface area (Å²) in [6, 6.07) is 12.9. The standard InChI is InChI=1S/C24H30Cl2N2O2S/c1-5-17(3)27-24(30)18(4)28(13-20-9-7-6-8-16(20)2)23(29)15-31-14-19-10-11-21(25)22(26)12-19/h6-12,17-18H,5,13-15H2,1-4H3,(H,27,30)/t17-,18+/m1/s1. The van der Waals surface area contributed by atoms with Gasteiger partial charge in [0, 0.05) is 18.3 Å². The van der Waals surface area contributed by atoms with Crippen molar-refractivity contribution in [3.8, 4) is 0 Å². The summed E-state index contributed by atoms with van der Waals surface area (Å²) in [7, 11) is 0.